The van der Waals surface area contributed by atoms with Gasteiger partial charge in [-0.1, -0.05) is 6.42 Å². The summed E-state index contributed by atoms with van der Waals surface area (Å²) in [5, 5.41) is 0. The van der Waals surface area contributed by atoms with E-state index in [0.29, 0.717) is 19.8 Å². The van der Waals surface area contributed by atoms with Gasteiger partial charge in [0.25, 0.3) is 0 Å². The van der Waals surface area contributed by atoms with Crippen LogP contribution in [-0.4, -0.2) is 26.9 Å². The number of hydrogen-bond donors (Lipinski definition) is 1. The number of ether oxygens (including phenoxy) is 2. The average Bonchev–Trinajstić information content (AvgIpc) is 2.31. The lowest BCUT2D eigenvalue weighted by atomic mass is 9.49. The van der Waals surface area contributed by atoms with Crippen molar-refractivity contribution >= 4 is 0 Å². The Hall–Kier alpha value is -1.13. The standard InChI is InChI=1S/C15H20FNO2/c1-18-13-4-3-11(16)7-12(13)15(9-19-10-15)14(8-17)5-2-6-14/h3-4,7H,2,5-6,8-10,17H2,1H3. The lowest BCUT2D eigenvalue weighted by molar-refractivity contribution is -0.154. The third-order valence-electron chi connectivity index (χ3n) is 5.09. The molecule has 0 unspecified atom stereocenters. The molecule has 0 atom stereocenters. The zero-order valence-corrected chi connectivity index (χ0v) is 11.2. The zero-order valence-electron chi connectivity index (χ0n) is 11.2. The zero-order chi connectivity index (χ0) is 13.5. The molecular formula is C15H20FNO2. The molecule has 1 saturated heterocycles. The number of nitrogens with two attached hydrogens (primary N) is 1. The second kappa shape index (κ2) is 4.46. The number of methoxy groups -OCH3 is 1. The third kappa shape index (κ3) is 1.63. The van der Waals surface area contributed by atoms with Gasteiger partial charge in [0.05, 0.1) is 25.7 Å². The van der Waals surface area contributed by atoms with Crippen LogP contribution in [-0.2, 0) is 10.2 Å². The lowest BCUT2D eigenvalue weighted by Gasteiger charge is -2.60. The van der Waals surface area contributed by atoms with E-state index < -0.39 is 0 Å². The second-order valence-corrected chi connectivity index (χ2v) is 5.76. The lowest BCUT2D eigenvalue weighted by Crippen LogP contribution is -2.64. The van der Waals surface area contributed by atoms with Crippen LogP contribution < -0.4 is 10.5 Å². The summed E-state index contributed by atoms with van der Waals surface area (Å²) >= 11 is 0. The summed E-state index contributed by atoms with van der Waals surface area (Å²) in [6.45, 7) is 1.85. The maximum absolute atomic E-state index is 13.7. The van der Waals surface area contributed by atoms with Crippen LogP contribution in [0.5, 0.6) is 5.75 Å². The maximum atomic E-state index is 13.7. The molecule has 0 amide bonds. The van der Waals surface area contributed by atoms with Crippen molar-refractivity contribution in [1.29, 1.82) is 0 Å². The van der Waals surface area contributed by atoms with Crippen LogP contribution in [0.2, 0.25) is 0 Å². The molecule has 3 rings (SSSR count). The van der Waals surface area contributed by atoms with Gasteiger partial charge in [-0.05, 0) is 43.0 Å². The first kappa shape index (κ1) is 12.9. The average molecular weight is 265 g/mol. The van der Waals surface area contributed by atoms with Crippen molar-refractivity contribution in [3.8, 4) is 5.75 Å². The summed E-state index contributed by atoms with van der Waals surface area (Å²) in [6.07, 6.45) is 3.37. The minimum absolute atomic E-state index is 0.0479. The van der Waals surface area contributed by atoms with E-state index in [1.54, 1.807) is 19.2 Å². The molecule has 1 saturated carbocycles. The molecule has 3 nitrogen and oxygen atoms in total. The van der Waals surface area contributed by atoms with Gasteiger partial charge < -0.3 is 15.2 Å². The summed E-state index contributed by atoms with van der Waals surface area (Å²) in [6, 6.07) is 4.73. The fraction of sp³-hybridized carbons (Fsp3) is 0.600. The Morgan fingerprint density at radius 3 is 2.53 bits per heavy atom. The first-order chi connectivity index (χ1) is 9.17. The second-order valence-electron chi connectivity index (χ2n) is 5.76. The molecule has 1 aromatic carbocycles. The van der Waals surface area contributed by atoms with Gasteiger partial charge in [0.2, 0.25) is 0 Å². The molecule has 0 aromatic heterocycles. The molecule has 1 aliphatic heterocycles. The minimum atomic E-state index is -0.228. The van der Waals surface area contributed by atoms with E-state index in [2.05, 4.69) is 0 Å². The fourth-order valence-electron chi connectivity index (χ4n) is 3.59. The SMILES string of the molecule is COc1ccc(F)cc1C1(C2(CN)CCC2)COC1. The van der Waals surface area contributed by atoms with E-state index in [1.165, 1.54) is 12.5 Å². The Labute approximate surface area is 112 Å². The number of rotatable bonds is 4. The van der Waals surface area contributed by atoms with Crippen molar-refractivity contribution in [3.63, 3.8) is 0 Å². The van der Waals surface area contributed by atoms with E-state index in [9.17, 15) is 4.39 Å². The molecule has 2 N–H and O–H groups in total. The summed E-state index contributed by atoms with van der Waals surface area (Å²) in [4.78, 5) is 0. The summed E-state index contributed by atoms with van der Waals surface area (Å²) < 4.78 is 24.6. The van der Waals surface area contributed by atoms with Crippen LogP contribution >= 0.6 is 0 Å². The van der Waals surface area contributed by atoms with Crippen LogP contribution in [0.25, 0.3) is 0 Å². The number of benzene rings is 1. The van der Waals surface area contributed by atoms with E-state index in [0.717, 1.165) is 24.2 Å². The van der Waals surface area contributed by atoms with Gasteiger partial charge in [0, 0.05) is 5.56 Å². The molecule has 1 aliphatic carbocycles. The first-order valence-corrected chi connectivity index (χ1v) is 6.79. The molecule has 2 fully saturated rings. The minimum Gasteiger partial charge on any atom is -0.496 e. The Morgan fingerprint density at radius 1 is 1.37 bits per heavy atom. The number of hydrogen-bond acceptors (Lipinski definition) is 3. The highest BCUT2D eigenvalue weighted by Crippen LogP contribution is 2.59. The predicted octanol–water partition coefficient (Wildman–Crippen LogP) is 2.23. The van der Waals surface area contributed by atoms with Gasteiger partial charge in [-0.25, -0.2) is 4.39 Å². The molecule has 0 bridgehead atoms. The van der Waals surface area contributed by atoms with Gasteiger partial charge in [-0.15, -0.1) is 0 Å². The van der Waals surface area contributed by atoms with Gasteiger partial charge >= 0.3 is 0 Å². The quantitative estimate of drug-likeness (QED) is 0.908. The van der Waals surface area contributed by atoms with Crippen molar-refractivity contribution in [2.45, 2.75) is 24.7 Å². The molecule has 1 heterocycles. The Kier molecular flexibility index (Phi) is 3.02. The Balaban J connectivity index is 2.09. The van der Waals surface area contributed by atoms with Crippen molar-refractivity contribution in [3.05, 3.63) is 29.6 Å². The largest absolute Gasteiger partial charge is 0.496 e. The monoisotopic (exact) mass is 265 g/mol. The molecule has 2 aliphatic rings. The summed E-state index contributed by atoms with van der Waals surface area (Å²) in [7, 11) is 1.62. The van der Waals surface area contributed by atoms with Crippen LogP contribution in [0.3, 0.4) is 0 Å². The third-order valence-corrected chi connectivity index (χ3v) is 5.09. The van der Waals surface area contributed by atoms with Gasteiger partial charge in [0.15, 0.2) is 0 Å². The van der Waals surface area contributed by atoms with E-state index in [1.807, 2.05) is 0 Å². The normalized spacial score (nSPS) is 23.3. The van der Waals surface area contributed by atoms with Crippen LogP contribution in [0.4, 0.5) is 4.39 Å². The highest BCUT2D eigenvalue weighted by atomic mass is 19.1. The molecule has 0 spiro atoms. The van der Waals surface area contributed by atoms with E-state index >= 15 is 0 Å². The Morgan fingerprint density at radius 2 is 2.11 bits per heavy atom. The Bertz CT molecular complexity index is 476. The maximum Gasteiger partial charge on any atom is 0.123 e. The van der Waals surface area contributed by atoms with Crippen molar-refractivity contribution in [1.82, 2.24) is 0 Å². The summed E-state index contributed by atoms with van der Waals surface area (Å²) in [5.74, 6) is 0.512. The van der Waals surface area contributed by atoms with Crippen LogP contribution in [0.15, 0.2) is 18.2 Å². The summed E-state index contributed by atoms with van der Waals surface area (Å²) in [5.41, 5.74) is 6.84. The molecule has 0 radical (unpaired) electrons. The molecule has 4 heteroatoms. The van der Waals surface area contributed by atoms with Gasteiger partial charge in [-0.2, -0.15) is 0 Å². The predicted molar refractivity (Wildman–Crippen MR) is 70.8 cm³/mol. The molecule has 104 valence electrons. The van der Waals surface area contributed by atoms with Crippen molar-refractivity contribution < 1.29 is 13.9 Å². The molecule has 19 heavy (non-hydrogen) atoms. The molecular weight excluding hydrogens is 245 g/mol. The fourth-order valence-corrected chi connectivity index (χ4v) is 3.59. The van der Waals surface area contributed by atoms with Gasteiger partial charge in [0.1, 0.15) is 11.6 Å². The van der Waals surface area contributed by atoms with Gasteiger partial charge in [-0.3, -0.25) is 0 Å². The van der Waals surface area contributed by atoms with Crippen molar-refractivity contribution in [2.75, 3.05) is 26.9 Å². The topological polar surface area (TPSA) is 44.5 Å². The highest BCUT2D eigenvalue weighted by Gasteiger charge is 2.59. The van der Waals surface area contributed by atoms with Crippen LogP contribution in [0, 0.1) is 11.2 Å². The van der Waals surface area contributed by atoms with Crippen LogP contribution in [0.1, 0.15) is 24.8 Å². The molecule has 1 aromatic rings. The first-order valence-electron chi connectivity index (χ1n) is 6.79. The highest BCUT2D eigenvalue weighted by molar-refractivity contribution is 5.44. The smallest absolute Gasteiger partial charge is 0.123 e. The van der Waals surface area contributed by atoms with E-state index in [4.69, 9.17) is 15.2 Å². The van der Waals surface area contributed by atoms with Crippen molar-refractivity contribution in [2.24, 2.45) is 11.1 Å². The number of halogens is 1. The van der Waals surface area contributed by atoms with E-state index in [-0.39, 0.29) is 16.6 Å².